The van der Waals surface area contributed by atoms with E-state index in [1.54, 1.807) is 30.5 Å². The number of anilines is 1. The topological polar surface area (TPSA) is 64.7 Å². The number of hydrogen-bond donors (Lipinski definition) is 1. The van der Waals surface area contributed by atoms with Gasteiger partial charge in [0, 0.05) is 22.3 Å². The summed E-state index contributed by atoms with van der Waals surface area (Å²) in [5.41, 5.74) is 4.41. The second kappa shape index (κ2) is 9.26. The highest BCUT2D eigenvalue weighted by Gasteiger charge is 2.12. The summed E-state index contributed by atoms with van der Waals surface area (Å²) >= 11 is 9.61. The lowest BCUT2D eigenvalue weighted by Gasteiger charge is -2.07. The van der Waals surface area contributed by atoms with Crippen LogP contribution >= 0.6 is 27.5 Å². The van der Waals surface area contributed by atoms with Gasteiger partial charge in [-0.25, -0.2) is 4.39 Å². The molecule has 6 nitrogen and oxygen atoms in total. The van der Waals surface area contributed by atoms with Crippen molar-refractivity contribution in [2.75, 3.05) is 5.32 Å². The number of nitrogens with zero attached hydrogens (tertiary/aromatic N) is 4. The van der Waals surface area contributed by atoms with Gasteiger partial charge in [0.2, 0.25) is 0 Å². The predicted octanol–water partition coefficient (Wildman–Crippen LogP) is 5.60. The van der Waals surface area contributed by atoms with Crippen molar-refractivity contribution in [3.8, 4) is 0 Å². The van der Waals surface area contributed by atoms with E-state index in [0.717, 1.165) is 21.4 Å². The average Bonchev–Trinajstić information content (AvgIpc) is 3.31. The van der Waals surface area contributed by atoms with Gasteiger partial charge in [-0.05, 0) is 59.6 Å². The summed E-state index contributed by atoms with van der Waals surface area (Å²) in [5, 5.41) is 11.8. The van der Waals surface area contributed by atoms with Gasteiger partial charge in [-0.2, -0.15) is 10.2 Å². The quantitative estimate of drug-likeness (QED) is 0.363. The smallest absolute Gasteiger partial charge is 0.255 e. The number of carbonyl (C=O) groups excluding carboxylic acids is 1. The summed E-state index contributed by atoms with van der Waals surface area (Å²) in [7, 11) is 0. The maximum absolute atomic E-state index is 14.0. The minimum atomic E-state index is -0.397. The maximum atomic E-state index is 14.0. The molecule has 0 saturated heterocycles. The first-order valence-electron chi connectivity index (χ1n) is 9.87. The van der Waals surface area contributed by atoms with Gasteiger partial charge < -0.3 is 5.32 Å². The highest BCUT2D eigenvalue weighted by Crippen LogP contribution is 2.22. The molecular weight excluding hydrogens is 497 g/mol. The first kappa shape index (κ1) is 22.2. The van der Waals surface area contributed by atoms with Crippen LogP contribution in [-0.2, 0) is 13.1 Å². The number of amides is 1. The normalized spacial score (nSPS) is 11.0. The lowest BCUT2D eigenvalue weighted by atomic mass is 10.1. The minimum absolute atomic E-state index is 0.165. The van der Waals surface area contributed by atoms with Crippen molar-refractivity contribution in [1.29, 1.82) is 0 Å². The molecule has 0 aliphatic rings. The highest BCUT2D eigenvalue weighted by molar-refractivity contribution is 9.10. The van der Waals surface area contributed by atoms with Crippen LogP contribution in [0, 0.1) is 19.7 Å². The standard InChI is InChI=1S/C23H20BrClFN5O/c1-14-22(24)15(2)31(29-14)11-16-6-8-17(9-7-16)23(32)28-18-10-27-30(12-18)13-19-20(25)4-3-5-21(19)26/h3-10,12H,11,13H2,1-2H3,(H,28,32). The third-order valence-electron chi connectivity index (χ3n) is 5.11. The molecule has 9 heteroatoms. The molecule has 0 aliphatic carbocycles. The number of hydrogen-bond acceptors (Lipinski definition) is 3. The maximum Gasteiger partial charge on any atom is 0.255 e. The van der Waals surface area contributed by atoms with Crippen LogP contribution in [0.1, 0.15) is 32.9 Å². The Morgan fingerprint density at radius 3 is 2.56 bits per heavy atom. The van der Waals surface area contributed by atoms with Crippen molar-refractivity contribution >= 4 is 39.1 Å². The molecule has 0 radical (unpaired) electrons. The molecular formula is C23H20BrClFN5O. The molecule has 0 aliphatic heterocycles. The van der Waals surface area contributed by atoms with Crippen molar-refractivity contribution in [2.45, 2.75) is 26.9 Å². The molecule has 1 amide bonds. The van der Waals surface area contributed by atoms with Crippen molar-refractivity contribution in [1.82, 2.24) is 19.6 Å². The molecule has 1 N–H and O–H groups in total. The molecule has 32 heavy (non-hydrogen) atoms. The molecule has 4 aromatic rings. The lowest BCUT2D eigenvalue weighted by molar-refractivity contribution is 0.102. The van der Waals surface area contributed by atoms with Crippen molar-refractivity contribution < 1.29 is 9.18 Å². The van der Waals surface area contributed by atoms with Gasteiger partial charge in [0.05, 0.1) is 40.8 Å². The van der Waals surface area contributed by atoms with E-state index in [2.05, 4.69) is 31.4 Å². The van der Waals surface area contributed by atoms with E-state index in [4.69, 9.17) is 11.6 Å². The van der Waals surface area contributed by atoms with Gasteiger partial charge in [-0.15, -0.1) is 0 Å². The Morgan fingerprint density at radius 2 is 1.91 bits per heavy atom. The van der Waals surface area contributed by atoms with Gasteiger partial charge in [0.1, 0.15) is 5.82 Å². The highest BCUT2D eigenvalue weighted by atomic mass is 79.9. The van der Waals surface area contributed by atoms with Crippen LogP contribution in [0.2, 0.25) is 5.02 Å². The molecule has 0 spiro atoms. The summed E-state index contributed by atoms with van der Waals surface area (Å²) in [4.78, 5) is 12.6. The van der Waals surface area contributed by atoms with E-state index in [0.29, 0.717) is 28.4 Å². The van der Waals surface area contributed by atoms with E-state index in [9.17, 15) is 9.18 Å². The third-order valence-corrected chi connectivity index (χ3v) is 6.62. The van der Waals surface area contributed by atoms with E-state index in [1.807, 2.05) is 30.7 Å². The van der Waals surface area contributed by atoms with E-state index in [-0.39, 0.29) is 12.5 Å². The van der Waals surface area contributed by atoms with Crippen LogP contribution in [0.15, 0.2) is 59.3 Å². The molecule has 2 aromatic carbocycles. The number of nitrogens with one attached hydrogen (secondary N) is 1. The van der Waals surface area contributed by atoms with Crippen molar-refractivity contribution in [3.63, 3.8) is 0 Å². The lowest BCUT2D eigenvalue weighted by Crippen LogP contribution is -2.12. The van der Waals surface area contributed by atoms with Gasteiger partial charge >= 0.3 is 0 Å². The summed E-state index contributed by atoms with van der Waals surface area (Å²) in [6.45, 7) is 4.74. The summed E-state index contributed by atoms with van der Waals surface area (Å²) in [5.74, 6) is -0.652. The second-order valence-electron chi connectivity index (χ2n) is 7.42. The van der Waals surface area contributed by atoms with Crippen LogP contribution in [0.4, 0.5) is 10.1 Å². The third kappa shape index (κ3) is 4.76. The fourth-order valence-electron chi connectivity index (χ4n) is 3.33. The van der Waals surface area contributed by atoms with Crippen LogP contribution in [0.3, 0.4) is 0 Å². The second-order valence-corrected chi connectivity index (χ2v) is 8.62. The van der Waals surface area contributed by atoms with Crippen LogP contribution in [-0.4, -0.2) is 25.5 Å². The fourth-order valence-corrected chi connectivity index (χ4v) is 3.83. The zero-order valence-electron chi connectivity index (χ0n) is 17.4. The molecule has 4 rings (SSSR count). The molecule has 0 bridgehead atoms. The van der Waals surface area contributed by atoms with E-state index < -0.39 is 5.82 Å². The fraction of sp³-hybridized carbons (Fsp3) is 0.174. The number of benzene rings is 2. The van der Waals surface area contributed by atoms with Crippen LogP contribution in [0.25, 0.3) is 0 Å². The molecule has 2 aromatic heterocycles. The largest absolute Gasteiger partial charge is 0.319 e. The van der Waals surface area contributed by atoms with E-state index >= 15 is 0 Å². The Kier molecular flexibility index (Phi) is 6.43. The Hall–Kier alpha value is -2.97. The number of carbonyl (C=O) groups is 1. The number of rotatable bonds is 6. The molecule has 2 heterocycles. The number of halogens is 3. The predicted molar refractivity (Wildman–Crippen MR) is 126 cm³/mol. The SMILES string of the molecule is Cc1nn(Cc2ccc(C(=O)Nc3cnn(Cc4c(F)cccc4Cl)c3)cc2)c(C)c1Br. The van der Waals surface area contributed by atoms with Gasteiger partial charge in [0.25, 0.3) is 5.91 Å². The molecule has 0 fully saturated rings. The number of aromatic nitrogens is 4. The van der Waals surface area contributed by atoms with E-state index in [1.165, 1.54) is 16.9 Å². The Balaban J connectivity index is 1.40. The first-order chi connectivity index (χ1) is 15.3. The zero-order chi connectivity index (χ0) is 22.8. The van der Waals surface area contributed by atoms with Gasteiger partial charge in [0.15, 0.2) is 0 Å². The Morgan fingerprint density at radius 1 is 1.16 bits per heavy atom. The van der Waals surface area contributed by atoms with Crippen LogP contribution in [0.5, 0.6) is 0 Å². The molecule has 0 saturated carbocycles. The zero-order valence-corrected chi connectivity index (χ0v) is 19.8. The molecule has 164 valence electrons. The molecule has 0 unspecified atom stereocenters. The Labute approximate surface area is 198 Å². The summed E-state index contributed by atoms with van der Waals surface area (Å²) in [6, 6.07) is 11.9. The summed E-state index contributed by atoms with van der Waals surface area (Å²) in [6.07, 6.45) is 3.15. The van der Waals surface area contributed by atoms with Gasteiger partial charge in [-0.1, -0.05) is 29.8 Å². The van der Waals surface area contributed by atoms with Crippen molar-refractivity contribution in [2.24, 2.45) is 0 Å². The monoisotopic (exact) mass is 515 g/mol. The first-order valence-corrected chi connectivity index (χ1v) is 11.0. The van der Waals surface area contributed by atoms with Crippen molar-refractivity contribution in [3.05, 3.63) is 98.2 Å². The number of aryl methyl sites for hydroxylation is 1. The average molecular weight is 517 g/mol. The van der Waals surface area contributed by atoms with Crippen LogP contribution < -0.4 is 5.32 Å². The minimum Gasteiger partial charge on any atom is -0.319 e. The summed E-state index contributed by atoms with van der Waals surface area (Å²) < 4.78 is 18.4. The molecule has 0 atom stereocenters. The Bertz CT molecular complexity index is 1260. The van der Waals surface area contributed by atoms with Gasteiger partial charge in [-0.3, -0.25) is 14.2 Å².